The van der Waals surface area contributed by atoms with Crippen molar-refractivity contribution in [1.29, 1.82) is 0 Å². The van der Waals surface area contributed by atoms with Crippen LogP contribution in [0.2, 0.25) is 5.02 Å². The third-order valence-corrected chi connectivity index (χ3v) is 9.44. The monoisotopic (exact) mass is 663 g/mol. The maximum absolute atomic E-state index is 13.4. The Bertz CT molecular complexity index is 1570. The molecule has 0 aliphatic carbocycles. The lowest BCUT2D eigenvalue weighted by Crippen LogP contribution is -2.54. The molecule has 0 atom stereocenters. The van der Waals surface area contributed by atoms with Crippen molar-refractivity contribution >= 4 is 56.4 Å². The van der Waals surface area contributed by atoms with Gasteiger partial charge in [0.25, 0.3) is 0 Å². The second kappa shape index (κ2) is 13.5. The number of aliphatic imine (C=N–C) groups is 1. The van der Waals surface area contributed by atoms with Crippen molar-refractivity contribution in [3.8, 4) is 0 Å². The highest BCUT2D eigenvalue weighted by molar-refractivity contribution is 7.89. The molecule has 0 bridgehead atoms. The number of fused-ring (bicyclic) bond motifs is 1. The standard InChI is InChI=1S/C31H42ClN5O7S/c1-30(2,3)43-28(39)33-27(34-29(40)44-31(4,5)6)36-13-11-21(12-14-36)26(38)35-15-17-37(18-16-35)45(41,42)25-10-8-22-19-24(32)9-7-23(22)20-25/h7-10,19-21H,11-18H2,1-6H3,(H,33,34,39,40). The van der Waals surface area contributed by atoms with E-state index in [2.05, 4.69) is 10.3 Å². The fourth-order valence-corrected chi connectivity index (χ4v) is 6.83. The first-order valence-electron chi connectivity index (χ1n) is 15.0. The molecule has 0 aromatic heterocycles. The van der Waals surface area contributed by atoms with Crippen LogP contribution in [0.3, 0.4) is 0 Å². The molecule has 45 heavy (non-hydrogen) atoms. The molecule has 2 aliphatic rings. The molecule has 2 fully saturated rings. The molecule has 14 heteroatoms. The van der Waals surface area contributed by atoms with Crippen LogP contribution in [0.1, 0.15) is 54.4 Å². The van der Waals surface area contributed by atoms with E-state index in [1.807, 2.05) is 0 Å². The molecule has 2 aromatic carbocycles. The van der Waals surface area contributed by atoms with Crippen molar-refractivity contribution in [2.75, 3.05) is 39.3 Å². The largest absolute Gasteiger partial charge is 0.444 e. The number of carbonyl (C=O) groups is 3. The Balaban J connectivity index is 1.35. The summed E-state index contributed by atoms with van der Waals surface area (Å²) in [6, 6.07) is 10.3. The number of nitrogens with zero attached hydrogens (tertiary/aromatic N) is 4. The van der Waals surface area contributed by atoms with Gasteiger partial charge in [0.1, 0.15) is 11.2 Å². The molecule has 3 amide bonds. The fourth-order valence-electron chi connectivity index (χ4n) is 5.19. The molecule has 0 radical (unpaired) electrons. The number of piperazine rings is 1. The Morgan fingerprint density at radius 2 is 1.40 bits per heavy atom. The summed E-state index contributed by atoms with van der Waals surface area (Å²) in [6.45, 7) is 12.0. The molecule has 2 aliphatic heterocycles. The Morgan fingerprint density at radius 3 is 2.00 bits per heavy atom. The van der Waals surface area contributed by atoms with Gasteiger partial charge in [-0.2, -0.15) is 4.31 Å². The summed E-state index contributed by atoms with van der Waals surface area (Å²) < 4.78 is 38.8. The van der Waals surface area contributed by atoms with E-state index in [4.69, 9.17) is 21.1 Å². The number of sulfonamides is 1. The van der Waals surface area contributed by atoms with Gasteiger partial charge in [0, 0.05) is 50.2 Å². The van der Waals surface area contributed by atoms with Crippen LogP contribution in [-0.4, -0.2) is 97.0 Å². The quantitative estimate of drug-likeness (QED) is 0.363. The molecule has 2 saturated heterocycles. The summed E-state index contributed by atoms with van der Waals surface area (Å²) in [5, 5.41) is 4.77. The van der Waals surface area contributed by atoms with E-state index < -0.39 is 33.4 Å². The lowest BCUT2D eigenvalue weighted by Gasteiger charge is -2.38. The number of hydrogen-bond acceptors (Lipinski definition) is 7. The summed E-state index contributed by atoms with van der Waals surface area (Å²) >= 11 is 6.06. The Hall–Kier alpha value is -3.42. The SMILES string of the molecule is CC(C)(C)OC(=O)N=C(NC(=O)OC(C)(C)C)N1CCC(C(=O)N2CCN(S(=O)(=O)c3ccc4cc(Cl)ccc4c3)CC2)CC1. The van der Waals surface area contributed by atoms with Crippen molar-refractivity contribution in [3.05, 3.63) is 41.4 Å². The van der Waals surface area contributed by atoms with Gasteiger partial charge in [-0.1, -0.05) is 23.7 Å². The molecule has 0 spiro atoms. The van der Waals surface area contributed by atoms with E-state index in [1.54, 1.807) is 87.7 Å². The number of rotatable bonds is 3. The van der Waals surface area contributed by atoms with Crippen molar-refractivity contribution in [2.45, 2.75) is 70.5 Å². The Kier molecular flexibility index (Phi) is 10.3. The van der Waals surface area contributed by atoms with E-state index in [1.165, 1.54) is 4.31 Å². The summed E-state index contributed by atoms with van der Waals surface area (Å²) in [5.41, 5.74) is -1.53. The zero-order valence-electron chi connectivity index (χ0n) is 26.6. The van der Waals surface area contributed by atoms with Crippen molar-refractivity contribution in [1.82, 2.24) is 19.4 Å². The third kappa shape index (κ3) is 9.30. The molecule has 1 N–H and O–H groups in total. The van der Waals surface area contributed by atoms with E-state index in [9.17, 15) is 22.8 Å². The van der Waals surface area contributed by atoms with Gasteiger partial charge < -0.3 is 19.3 Å². The third-order valence-electron chi connectivity index (χ3n) is 7.31. The molecule has 246 valence electrons. The molecule has 0 saturated carbocycles. The minimum atomic E-state index is -3.74. The van der Waals surface area contributed by atoms with Crippen molar-refractivity contribution in [2.24, 2.45) is 10.9 Å². The van der Waals surface area contributed by atoms with Crippen LogP contribution in [0.4, 0.5) is 9.59 Å². The number of hydrogen-bond donors (Lipinski definition) is 1. The number of carbonyl (C=O) groups excluding carboxylic acids is 3. The summed E-state index contributed by atoms with van der Waals surface area (Å²) in [6.07, 6.45) is -0.694. The maximum Gasteiger partial charge on any atom is 0.437 e. The number of halogens is 1. The number of alkyl carbamates (subject to hydrolysis) is 1. The molecular weight excluding hydrogens is 622 g/mol. The predicted molar refractivity (Wildman–Crippen MR) is 172 cm³/mol. The zero-order chi connectivity index (χ0) is 33.2. The highest BCUT2D eigenvalue weighted by Gasteiger charge is 2.35. The number of piperidine rings is 1. The van der Waals surface area contributed by atoms with Crippen LogP contribution in [0, 0.1) is 5.92 Å². The highest BCUT2D eigenvalue weighted by Crippen LogP contribution is 2.26. The minimum Gasteiger partial charge on any atom is -0.444 e. The number of amides is 3. The Morgan fingerprint density at radius 1 is 0.822 bits per heavy atom. The molecule has 0 unspecified atom stereocenters. The highest BCUT2D eigenvalue weighted by atomic mass is 35.5. The van der Waals surface area contributed by atoms with Crippen LogP contribution in [0.25, 0.3) is 10.8 Å². The van der Waals surface area contributed by atoms with E-state index in [0.29, 0.717) is 31.0 Å². The van der Waals surface area contributed by atoms with Gasteiger partial charge >= 0.3 is 12.2 Å². The van der Waals surface area contributed by atoms with E-state index >= 15 is 0 Å². The van der Waals surface area contributed by atoms with Crippen LogP contribution < -0.4 is 5.32 Å². The van der Waals surface area contributed by atoms with E-state index in [0.717, 1.165) is 10.8 Å². The second-order valence-electron chi connectivity index (χ2n) is 13.2. The summed E-state index contributed by atoms with van der Waals surface area (Å²) in [7, 11) is -3.74. The predicted octanol–water partition coefficient (Wildman–Crippen LogP) is 4.85. The van der Waals surface area contributed by atoms with Gasteiger partial charge in [0.2, 0.25) is 21.9 Å². The molecule has 2 aromatic rings. The first-order valence-corrected chi connectivity index (χ1v) is 16.8. The van der Waals surface area contributed by atoms with Crippen molar-refractivity contribution in [3.63, 3.8) is 0 Å². The van der Waals surface area contributed by atoms with Gasteiger partial charge in [0.15, 0.2) is 0 Å². The maximum atomic E-state index is 13.4. The summed E-state index contributed by atoms with van der Waals surface area (Å²) in [4.78, 5) is 46.1. The van der Waals surface area contributed by atoms with Crippen LogP contribution in [0.15, 0.2) is 46.3 Å². The van der Waals surface area contributed by atoms with Gasteiger partial charge in [0.05, 0.1) is 4.90 Å². The van der Waals surface area contributed by atoms with E-state index in [-0.39, 0.29) is 48.9 Å². The molecular formula is C31H42ClN5O7S. The fraction of sp³-hybridized carbons (Fsp3) is 0.548. The van der Waals surface area contributed by atoms with Crippen LogP contribution in [-0.2, 0) is 24.3 Å². The normalized spacial score (nSPS) is 17.7. The van der Waals surface area contributed by atoms with Gasteiger partial charge in [-0.15, -0.1) is 4.99 Å². The number of nitrogens with one attached hydrogen (secondary N) is 1. The lowest BCUT2D eigenvalue weighted by molar-refractivity contribution is -0.138. The van der Waals surface area contributed by atoms with Crippen LogP contribution in [0.5, 0.6) is 0 Å². The average molecular weight is 664 g/mol. The summed E-state index contributed by atoms with van der Waals surface area (Å²) in [5.74, 6) is -0.332. The van der Waals surface area contributed by atoms with Gasteiger partial charge in [-0.05, 0) is 89.4 Å². The topological polar surface area (TPSA) is 138 Å². The van der Waals surface area contributed by atoms with Gasteiger partial charge in [-0.25, -0.2) is 18.0 Å². The zero-order valence-corrected chi connectivity index (χ0v) is 28.2. The number of likely N-dealkylation sites (tertiary alicyclic amines) is 1. The van der Waals surface area contributed by atoms with Gasteiger partial charge in [-0.3, -0.25) is 10.1 Å². The first kappa shape index (κ1) is 34.5. The average Bonchev–Trinajstić information content (AvgIpc) is 2.94. The number of guanidine groups is 1. The lowest BCUT2D eigenvalue weighted by atomic mass is 9.95. The molecule has 2 heterocycles. The molecule has 4 rings (SSSR count). The number of benzene rings is 2. The number of ether oxygens (including phenoxy) is 2. The van der Waals surface area contributed by atoms with Crippen LogP contribution >= 0.6 is 11.6 Å². The molecule has 12 nitrogen and oxygen atoms in total. The van der Waals surface area contributed by atoms with Crippen molar-refractivity contribution < 1.29 is 32.3 Å². The smallest absolute Gasteiger partial charge is 0.437 e. The Labute approximate surface area is 269 Å². The first-order chi connectivity index (χ1) is 20.9. The second-order valence-corrected chi connectivity index (χ2v) is 15.6. The minimum absolute atomic E-state index is 0.00000737.